The summed E-state index contributed by atoms with van der Waals surface area (Å²) in [5.41, 5.74) is 5.93. The van der Waals surface area contributed by atoms with Crippen molar-refractivity contribution in [2.24, 2.45) is 5.41 Å². The van der Waals surface area contributed by atoms with E-state index in [1.807, 2.05) is 0 Å². The van der Waals surface area contributed by atoms with E-state index in [1.54, 1.807) is 0 Å². The summed E-state index contributed by atoms with van der Waals surface area (Å²) in [6, 6.07) is 2.76. The van der Waals surface area contributed by atoms with E-state index in [2.05, 4.69) is 18.6 Å². The van der Waals surface area contributed by atoms with Gasteiger partial charge in [-0.05, 0) is 36.8 Å². The standard InChI is InChI=1S/C14H20Cl2N2O2S/c1-14(2)7-3-4-9(8-14)18-21(19,20)11-6-5-10(15)13(17)12(11)16/h5-6,9,18H,3-4,7-8,17H2,1-2H3. The second kappa shape index (κ2) is 5.95. The van der Waals surface area contributed by atoms with E-state index in [0.717, 1.165) is 25.7 Å². The molecule has 0 heterocycles. The van der Waals surface area contributed by atoms with Gasteiger partial charge in [0.1, 0.15) is 4.90 Å². The largest absolute Gasteiger partial charge is 0.396 e. The third-order valence-electron chi connectivity index (χ3n) is 3.91. The Morgan fingerprint density at radius 1 is 1.33 bits per heavy atom. The van der Waals surface area contributed by atoms with Gasteiger partial charge in [0.2, 0.25) is 10.0 Å². The molecule has 0 saturated heterocycles. The fraction of sp³-hybridized carbons (Fsp3) is 0.571. The van der Waals surface area contributed by atoms with E-state index >= 15 is 0 Å². The molecule has 118 valence electrons. The molecule has 1 aliphatic carbocycles. The molecule has 3 N–H and O–H groups in total. The molecule has 0 radical (unpaired) electrons. The summed E-state index contributed by atoms with van der Waals surface area (Å²) in [5.74, 6) is 0. The van der Waals surface area contributed by atoms with Crippen molar-refractivity contribution in [1.29, 1.82) is 0 Å². The Morgan fingerprint density at radius 2 is 2.00 bits per heavy atom. The molecule has 1 atom stereocenters. The molecule has 1 aromatic rings. The van der Waals surface area contributed by atoms with Crippen LogP contribution in [0.2, 0.25) is 10.0 Å². The highest BCUT2D eigenvalue weighted by atomic mass is 35.5. The predicted molar refractivity (Wildman–Crippen MR) is 87.2 cm³/mol. The summed E-state index contributed by atoms with van der Waals surface area (Å²) in [6.07, 6.45) is 3.77. The molecule has 21 heavy (non-hydrogen) atoms. The summed E-state index contributed by atoms with van der Waals surface area (Å²) in [5, 5.41) is 0.225. The second-order valence-electron chi connectivity index (χ2n) is 6.35. The molecule has 0 amide bonds. The first-order valence-corrected chi connectivity index (χ1v) is 9.12. The SMILES string of the molecule is CC1(C)CCCC(NS(=O)(=O)c2ccc(Cl)c(N)c2Cl)C1. The highest BCUT2D eigenvalue weighted by Crippen LogP contribution is 2.37. The van der Waals surface area contributed by atoms with Gasteiger partial charge in [-0.3, -0.25) is 0 Å². The highest BCUT2D eigenvalue weighted by Gasteiger charge is 2.31. The summed E-state index contributed by atoms with van der Waals surface area (Å²) >= 11 is 11.9. The van der Waals surface area contributed by atoms with Crippen LogP contribution in [0, 0.1) is 5.41 Å². The summed E-state index contributed by atoms with van der Waals surface area (Å²) in [4.78, 5) is -0.0190. The molecule has 1 fully saturated rings. The van der Waals surface area contributed by atoms with Crippen molar-refractivity contribution in [2.45, 2.75) is 50.5 Å². The van der Waals surface area contributed by atoms with E-state index in [0.29, 0.717) is 0 Å². The van der Waals surface area contributed by atoms with E-state index in [1.165, 1.54) is 12.1 Å². The first kappa shape index (κ1) is 16.9. The van der Waals surface area contributed by atoms with Crippen LogP contribution >= 0.6 is 23.2 Å². The summed E-state index contributed by atoms with van der Waals surface area (Å²) in [6.45, 7) is 4.31. The van der Waals surface area contributed by atoms with Crippen molar-refractivity contribution in [3.05, 3.63) is 22.2 Å². The lowest BCUT2D eigenvalue weighted by Crippen LogP contribution is -2.40. The van der Waals surface area contributed by atoms with Crippen LogP contribution in [-0.2, 0) is 10.0 Å². The van der Waals surface area contributed by atoms with Crippen LogP contribution in [0.15, 0.2) is 17.0 Å². The molecule has 0 aromatic heterocycles. The topological polar surface area (TPSA) is 72.2 Å². The Balaban J connectivity index is 2.25. The third kappa shape index (κ3) is 3.83. The van der Waals surface area contributed by atoms with Crippen molar-refractivity contribution in [3.63, 3.8) is 0 Å². The van der Waals surface area contributed by atoms with E-state index < -0.39 is 10.0 Å². The van der Waals surface area contributed by atoms with Gasteiger partial charge in [-0.25, -0.2) is 13.1 Å². The maximum atomic E-state index is 12.5. The number of halogens is 2. The molecule has 1 saturated carbocycles. The number of nitrogens with one attached hydrogen (secondary N) is 1. The second-order valence-corrected chi connectivity index (χ2v) is 8.82. The minimum Gasteiger partial charge on any atom is -0.396 e. The Hall–Kier alpha value is -0.490. The monoisotopic (exact) mass is 350 g/mol. The average molecular weight is 351 g/mol. The molecule has 7 heteroatoms. The molecule has 1 aliphatic rings. The molecule has 2 rings (SSSR count). The average Bonchev–Trinajstić information content (AvgIpc) is 2.33. The first-order chi connectivity index (χ1) is 9.62. The number of sulfonamides is 1. The summed E-state index contributed by atoms with van der Waals surface area (Å²) in [7, 11) is -3.70. The molecular formula is C14H20Cl2N2O2S. The van der Waals surface area contributed by atoms with Gasteiger partial charge >= 0.3 is 0 Å². The van der Waals surface area contributed by atoms with Crippen LogP contribution < -0.4 is 10.5 Å². The van der Waals surface area contributed by atoms with Crippen LogP contribution in [0.25, 0.3) is 0 Å². The lowest BCUT2D eigenvalue weighted by Gasteiger charge is -2.35. The van der Waals surface area contributed by atoms with Crippen molar-refractivity contribution in [3.8, 4) is 0 Å². The third-order valence-corrected chi connectivity index (χ3v) is 6.32. The van der Waals surface area contributed by atoms with Gasteiger partial charge in [0, 0.05) is 6.04 Å². The lowest BCUT2D eigenvalue weighted by atomic mass is 9.75. The molecule has 0 aliphatic heterocycles. The maximum Gasteiger partial charge on any atom is 0.242 e. The van der Waals surface area contributed by atoms with Crippen LogP contribution in [0.5, 0.6) is 0 Å². The smallest absolute Gasteiger partial charge is 0.242 e. The number of nitrogens with two attached hydrogens (primary N) is 1. The number of nitrogen functional groups attached to an aromatic ring is 1. The lowest BCUT2D eigenvalue weighted by molar-refractivity contribution is 0.212. The van der Waals surface area contributed by atoms with E-state index in [-0.39, 0.29) is 32.1 Å². The number of hydrogen-bond acceptors (Lipinski definition) is 3. The van der Waals surface area contributed by atoms with Crippen LogP contribution in [-0.4, -0.2) is 14.5 Å². The number of anilines is 1. The van der Waals surface area contributed by atoms with Crippen LogP contribution in [0.3, 0.4) is 0 Å². The molecule has 1 unspecified atom stereocenters. The molecular weight excluding hydrogens is 331 g/mol. The maximum absolute atomic E-state index is 12.5. The molecule has 1 aromatic carbocycles. The highest BCUT2D eigenvalue weighted by molar-refractivity contribution is 7.89. The zero-order chi connectivity index (χ0) is 15.8. The van der Waals surface area contributed by atoms with Gasteiger partial charge in [-0.1, -0.05) is 43.5 Å². The number of rotatable bonds is 3. The fourth-order valence-electron chi connectivity index (χ4n) is 2.84. The van der Waals surface area contributed by atoms with Gasteiger partial charge in [0.25, 0.3) is 0 Å². The summed E-state index contributed by atoms with van der Waals surface area (Å²) < 4.78 is 27.7. The molecule has 4 nitrogen and oxygen atoms in total. The van der Waals surface area contributed by atoms with Gasteiger partial charge in [0.15, 0.2) is 0 Å². The van der Waals surface area contributed by atoms with Gasteiger partial charge < -0.3 is 5.73 Å². The minimum absolute atomic E-state index is 0.0190. The normalized spacial score (nSPS) is 22.2. The number of hydrogen-bond donors (Lipinski definition) is 2. The minimum atomic E-state index is -3.70. The van der Waals surface area contributed by atoms with Crippen molar-refractivity contribution in [1.82, 2.24) is 4.72 Å². The molecule has 0 spiro atoms. The van der Waals surface area contributed by atoms with Crippen molar-refractivity contribution in [2.75, 3.05) is 5.73 Å². The Kier molecular flexibility index (Phi) is 4.78. The first-order valence-electron chi connectivity index (χ1n) is 6.88. The zero-order valence-corrected chi connectivity index (χ0v) is 14.4. The van der Waals surface area contributed by atoms with Gasteiger partial charge in [-0.15, -0.1) is 0 Å². The Bertz CT molecular complexity index is 645. The van der Waals surface area contributed by atoms with Gasteiger partial charge in [0.05, 0.1) is 15.7 Å². The van der Waals surface area contributed by atoms with E-state index in [9.17, 15) is 8.42 Å². The predicted octanol–water partition coefficient (Wildman–Crippen LogP) is 3.82. The zero-order valence-electron chi connectivity index (χ0n) is 12.1. The van der Waals surface area contributed by atoms with Gasteiger partial charge in [-0.2, -0.15) is 0 Å². The Labute approximate surface area is 136 Å². The fourth-order valence-corrected chi connectivity index (χ4v) is 4.87. The number of benzene rings is 1. The van der Waals surface area contributed by atoms with Crippen LogP contribution in [0.1, 0.15) is 39.5 Å². The van der Waals surface area contributed by atoms with Crippen molar-refractivity contribution >= 4 is 38.9 Å². The Morgan fingerprint density at radius 3 is 2.62 bits per heavy atom. The quantitative estimate of drug-likeness (QED) is 0.813. The van der Waals surface area contributed by atoms with E-state index in [4.69, 9.17) is 28.9 Å². The van der Waals surface area contributed by atoms with Crippen LogP contribution in [0.4, 0.5) is 5.69 Å². The molecule has 0 bridgehead atoms. The van der Waals surface area contributed by atoms with Crippen molar-refractivity contribution < 1.29 is 8.42 Å².